The van der Waals surface area contributed by atoms with E-state index in [-0.39, 0.29) is 39.8 Å². The average molecular weight is 629 g/mol. The zero-order valence-corrected chi connectivity index (χ0v) is 25.2. The Hall–Kier alpha value is -2.85. The standard InChI is InChI=1S/C28H29Cl3FN3O4S/c1-18(2)33-28(37)26(14-19-8-5-4-6-9-19)34(16-21-22(29)10-7-11-23(21)30)27(36)17-35(40(3,38)39)20-12-13-25(32)24(31)15-20/h4-13,15,18,26H,14,16-17H2,1-3H3,(H,33,37). The van der Waals surface area contributed by atoms with Gasteiger partial charge in [-0.15, -0.1) is 0 Å². The monoisotopic (exact) mass is 627 g/mol. The van der Waals surface area contributed by atoms with Crippen molar-refractivity contribution >= 4 is 62.3 Å². The Labute approximate surface area is 248 Å². The van der Waals surface area contributed by atoms with Gasteiger partial charge >= 0.3 is 0 Å². The summed E-state index contributed by atoms with van der Waals surface area (Å²) in [5.74, 6) is -1.89. The molecule has 0 fully saturated rings. The van der Waals surface area contributed by atoms with Crippen LogP contribution in [0, 0.1) is 5.82 Å². The van der Waals surface area contributed by atoms with Gasteiger partial charge < -0.3 is 10.2 Å². The van der Waals surface area contributed by atoms with Crippen LogP contribution < -0.4 is 9.62 Å². The van der Waals surface area contributed by atoms with Gasteiger partial charge in [-0.05, 0) is 49.7 Å². The molecule has 3 aromatic rings. The minimum Gasteiger partial charge on any atom is -0.352 e. The molecule has 1 N–H and O–H groups in total. The molecule has 0 aliphatic heterocycles. The Bertz CT molecular complexity index is 1450. The zero-order chi connectivity index (χ0) is 29.6. The highest BCUT2D eigenvalue weighted by atomic mass is 35.5. The van der Waals surface area contributed by atoms with E-state index >= 15 is 0 Å². The molecule has 0 saturated carbocycles. The Morgan fingerprint density at radius 2 is 1.55 bits per heavy atom. The number of nitrogens with one attached hydrogen (secondary N) is 1. The first-order chi connectivity index (χ1) is 18.8. The maximum Gasteiger partial charge on any atom is 0.244 e. The van der Waals surface area contributed by atoms with E-state index in [0.717, 1.165) is 28.3 Å². The molecule has 7 nitrogen and oxygen atoms in total. The molecular weight excluding hydrogens is 600 g/mol. The van der Waals surface area contributed by atoms with E-state index in [2.05, 4.69) is 5.32 Å². The van der Waals surface area contributed by atoms with E-state index in [1.165, 1.54) is 11.0 Å². The number of rotatable bonds is 11. The lowest BCUT2D eigenvalue weighted by atomic mass is 10.0. The summed E-state index contributed by atoms with van der Waals surface area (Å²) in [5.41, 5.74) is 1.16. The fraction of sp³-hybridized carbons (Fsp3) is 0.286. The van der Waals surface area contributed by atoms with Gasteiger partial charge in [-0.3, -0.25) is 13.9 Å². The lowest BCUT2D eigenvalue weighted by Crippen LogP contribution is -2.54. The molecule has 3 aromatic carbocycles. The normalized spacial score (nSPS) is 12.2. The summed E-state index contributed by atoms with van der Waals surface area (Å²) in [6, 6.07) is 16.0. The van der Waals surface area contributed by atoms with Crippen LogP contribution in [0.15, 0.2) is 66.7 Å². The van der Waals surface area contributed by atoms with Gasteiger partial charge in [-0.1, -0.05) is 71.2 Å². The summed E-state index contributed by atoms with van der Waals surface area (Å²) in [6.45, 7) is 2.71. The van der Waals surface area contributed by atoms with E-state index in [0.29, 0.717) is 5.56 Å². The second-order valence-corrected chi connectivity index (χ2v) is 12.6. The molecule has 0 bridgehead atoms. The van der Waals surface area contributed by atoms with Crippen LogP contribution in [0.25, 0.3) is 0 Å². The van der Waals surface area contributed by atoms with E-state index in [1.807, 2.05) is 30.3 Å². The molecule has 40 heavy (non-hydrogen) atoms. The third kappa shape index (κ3) is 8.33. The minimum atomic E-state index is -4.04. The summed E-state index contributed by atoms with van der Waals surface area (Å²) in [5, 5.41) is 3.10. The summed E-state index contributed by atoms with van der Waals surface area (Å²) in [6.07, 6.45) is 1.05. The second kappa shape index (κ2) is 13.7. The molecule has 0 radical (unpaired) electrons. The Kier molecular flexibility index (Phi) is 10.8. The summed E-state index contributed by atoms with van der Waals surface area (Å²) < 4.78 is 40.2. The van der Waals surface area contributed by atoms with Gasteiger partial charge in [0, 0.05) is 34.6 Å². The van der Waals surface area contributed by atoms with Gasteiger partial charge in [-0.25, -0.2) is 12.8 Å². The smallest absolute Gasteiger partial charge is 0.244 e. The predicted molar refractivity (Wildman–Crippen MR) is 158 cm³/mol. The molecule has 0 spiro atoms. The van der Waals surface area contributed by atoms with Crippen LogP contribution in [0.2, 0.25) is 15.1 Å². The van der Waals surface area contributed by atoms with Crippen molar-refractivity contribution in [2.45, 2.75) is 38.9 Å². The average Bonchev–Trinajstić information content (AvgIpc) is 2.87. The molecule has 0 saturated heterocycles. The van der Waals surface area contributed by atoms with Crippen molar-refractivity contribution in [3.05, 3.63) is 98.7 Å². The first kappa shape index (κ1) is 31.7. The topological polar surface area (TPSA) is 86.8 Å². The Balaban J connectivity index is 2.11. The molecule has 1 unspecified atom stereocenters. The molecule has 3 rings (SSSR count). The fourth-order valence-electron chi connectivity index (χ4n) is 4.04. The fourth-order valence-corrected chi connectivity index (χ4v) is 5.58. The number of nitrogens with zero attached hydrogens (tertiary/aromatic N) is 2. The molecule has 12 heteroatoms. The summed E-state index contributed by atoms with van der Waals surface area (Å²) >= 11 is 18.8. The molecule has 0 aromatic heterocycles. The lowest BCUT2D eigenvalue weighted by Gasteiger charge is -2.34. The van der Waals surface area contributed by atoms with Gasteiger partial charge in [0.2, 0.25) is 21.8 Å². The molecule has 0 aliphatic carbocycles. The molecule has 214 valence electrons. The molecular formula is C28H29Cl3FN3O4S. The van der Waals surface area contributed by atoms with Crippen LogP contribution in [-0.4, -0.2) is 50.0 Å². The predicted octanol–water partition coefficient (Wildman–Crippen LogP) is 5.72. The molecule has 0 aliphatic rings. The van der Waals surface area contributed by atoms with Crippen molar-refractivity contribution < 1.29 is 22.4 Å². The first-order valence-electron chi connectivity index (χ1n) is 12.3. The van der Waals surface area contributed by atoms with Crippen LogP contribution in [-0.2, 0) is 32.6 Å². The van der Waals surface area contributed by atoms with Gasteiger partial charge in [0.25, 0.3) is 0 Å². The third-order valence-corrected chi connectivity index (χ3v) is 8.10. The maximum atomic E-state index is 14.0. The Morgan fingerprint density at radius 1 is 0.925 bits per heavy atom. The minimum absolute atomic E-state index is 0.00998. The van der Waals surface area contributed by atoms with Gasteiger partial charge in [0.05, 0.1) is 17.0 Å². The number of carbonyl (C=O) groups is 2. The van der Waals surface area contributed by atoms with Crippen molar-refractivity contribution in [1.82, 2.24) is 10.2 Å². The second-order valence-electron chi connectivity index (χ2n) is 9.46. The van der Waals surface area contributed by atoms with E-state index < -0.39 is 40.2 Å². The van der Waals surface area contributed by atoms with Crippen LogP contribution in [0.4, 0.5) is 10.1 Å². The zero-order valence-electron chi connectivity index (χ0n) is 22.1. The van der Waals surface area contributed by atoms with Crippen LogP contribution in [0.5, 0.6) is 0 Å². The van der Waals surface area contributed by atoms with Gasteiger partial charge in [0.1, 0.15) is 18.4 Å². The SMILES string of the molecule is CC(C)NC(=O)C(Cc1ccccc1)N(Cc1c(Cl)cccc1Cl)C(=O)CN(c1ccc(F)c(Cl)c1)S(C)(=O)=O. The number of benzene rings is 3. The highest BCUT2D eigenvalue weighted by Gasteiger charge is 2.34. The lowest BCUT2D eigenvalue weighted by molar-refractivity contribution is -0.140. The highest BCUT2D eigenvalue weighted by molar-refractivity contribution is 7.92. The van der Waals surface area contributed by atoms with Crippen molar-refractivity contribution in [2.75, 3.05) is 17.1 Å². The van der Waals surface area contributed by atoms with Crippen LogP contribution in [0.1, 0.15) is 25.0 Å². The third-order valence-electron chi connectivity index (χ3n) is 5.96. The van der Waals surface area contributed by atoms with Gasteiger partial charge in [0.15, 0.2) is 0 Å². The number of anilines is 1. The van der Waals surface area contributed by atoms with Crippen molar-refractivity contribution in [3.63, 3.8) is 0 Å². The van der Waals surface area contributed by atoms with Crippen LogP contribution in [0.3, 0.4) is 0 Å². The largest absolute Gasteiger partial charge is 0.352 e. The summed E-state index contributed by atoms with van der Waals surface area (Å²) in [4.78, 5) is 28.8. The molecule has 1 atom stereocenters. The number of sulfonamides is 1. The van der Waals surface area contributed by atoms with Crippen molar-refractivity contribution in [2.24, 2.45) is 0 Å². The van der Waals surface area contributed by atoms with Gasteiger partial charge in [-0.2, -0.15) is 0 Å². The molecule has 2 amide bonds. The van der Waals surface area contributed by atoms with E-state index in [4.69, 9.17) is 34.8 Å². The number of carbonyl (C=O) groups excluding carboxylic acids is 2. The number of hydrogen-bond donors (Lipinski definition) is 1. The maximum absolute atomic E-state index is 14.0. The van der Waals surface area contributed by atoms with E-state index in [9.17, 15) is 22.4 Å². The highest BCUT2D eigenvalue weighted by Crippen LogP contribution is 2.29. The Morgan fingerprint density at radius 3 is 2.10 bits per heavy atom. The number of halogens is 4. The van der Waals surface area contributed by atoms with Crippen molar-refractivity contribution in [3.8, 4) is 0 Å². The quantitative estimate of drug-likeness (QED) is 0.295. The van der Waals surface area contributed by atoms with Crippen molar-refractivity contribution in [1.29, 1.82) is 0 Å². The van der Waals surface area contributed by atoms with Crippen LogP contribution >= 0.6 is 34.8 Å². The number of hydrogen-bond acceptors (Lipinski definition) is 4. The molecule has 0 heterocycles. The van der Waals surface area contributed by atoms with E-state index in [1.54, 1.807) is 32.0 Å². The number of amides is 2. The summed E-state index contributed by atoms with van der Waals surface area (Å²) in [7, 11) is -4.04. The first-order valence-corrected chi connectivity index (χ1v) is 15.3.